The van der Waals surface area contributed by atoms with E-state index >= 15 is 0 Å². The molecule has 0 saturated carbocycles. The number of aromatic nitrogens is 1. The van der Waals surface area contributed by atoms with Gasteiger partial charge >= 0.3 is 5.97 Å². The Bertz CT molecular complexity index is 1340. The molecule has 182 valence electrons. The third kappa shape index (κ3) is 6.03. The zero-order valence-electron chi connectivity index (χ0n) is 19.1. The molecule has 34 heavy (non-hydrogen) atoms. The molecule has 1 amide bonds. The van der Waals surface area contributed by atoms with Crippen LogP contribution in [0.5, 0.6) is 11.5 Å². The number of sulfone groups is 1. The first-order chi connectivity index (χ1) is 16.3. The van der Waals surface area contributed by atoms with Gasteiger partial charge < -0.3 is 18.8 Å². The Labute approximate surface area is 201 Å². The van der Waals surface area contributed by atoms with Gasteiger partial charge in [0, 0.05) is 18.6 Å². The second-order valence-electron chi connectivity index (χ2n) is 7.19. The van der Waals surface area contributed by atoms with Gasteiger partial charge in [0.25, 0.3) is 0 Å². The Hall–Kier alpha value is -3.18. The van der Waals surface area contributed by atoms with Crippen molar-refractivity contribution in [3.63, 3.8) is 0 Å². The number of methoxy groups -OCH3 is 2. The molecule has 0 bridgehead atoms. The summed E-state index contributed by atoms with van der Waals surface area (Å²) in [7, 11) is -0.460. The summed E-state index contributed by atoms with van der Waals surface area (Å²) in [5.74, 6) is -0.147. The Kier molecular flexibility index (Phi) is 8.46. The summed E-state index contributed by atoms with van der Waals surface area (Å²) < 4.78 is 42.9. The van der Waals surface area contributed by atoms with E-state index in [9.17, 15) is 18.0 Å². The van der Waals surface area contributed by atoms with Crippen molar-refractivity contribution >= 4 is 43.3 Å². The standard InChI is InChI=1S/C23H26N2O7S2/c1-4-32-22(27)15-25-17-13-18(30-2)19(31-3)14-20(17)33-23(25)24-21(26)11-8-12-34(28,29)16-9-6-5-7-10-16/h5-7,9-10,13-14H,4,8,11-12,15H2,1-3H3. The third-order valence-corrected chi connectivity index (χ3v) is 7.76. The number of carbonyl (C=O) groups is 2. The lowest BCUT2D eigenvalue weighted by molar-refractivity contribution is -0.143. The smallest absolute Gasteiger partial charge is 0.326 e. The van der Waals surface area contributed by atoms with Gasteiger partial charge in [-0.25, -0.2) is 8.42 Å². The van der Waals surface area contributed by atoms with Crippen LogP contribution in [0.4, 0.5) is 0 Å². The first-order valence-electron chi connectivity index (χ1n) is 10.6. The summed E-state index contributed by atoms with van der Waals surface area (Å²) >= 11 is 1.21. The number of thiazole rings is 1. The molecule has 2 aromatic carbocycles. The van der Waals surface area contributed by atoms with E-state index in [-0.39, 0.29) is 36.6 Å². The Morgan fingerprint density at radius 1 is 1.06 bits per heavy atom. The minimum Gasteiger partial charge on any atom is -0.493 e. The minimum absolute atomic E-state index is 0.0492. The lowest BCUT2D eigenvalue weighted by atomic mass is 10.3. The van der Waals surface area contributed by atoms with Crippen LogP contribution in [0.3, 0.4) is 0 Å². The number of amides is 1. The molecule has 11 heteroatoms. The summed E-state index contributed by atoms with van der Waals surface area (Å²) in [5.41, 5.74) is 0.633. The van der Waals surface area contributed by atoms with E-state index < -0.39 is 21.7 Å². The summed E-state index contributed by atoms with van der Waals surface area (Å²) in [6.45, 7) is 1.79. The molecule has 0 unspecified atom stereocenters. The molecule has 3 rings (SSSR count). The largest absolute Gasteiger partial charge is 0.493 e. The number of nitrogens with zero attached hydrogens (tertiary/aromatic N) is 2. The minimum atomic E-state index is -3.48. The predicted molar refractivity (Wildman–Crippen MR) is 128 cm³/mol. The fourth-order valence-corrected chi connectivity index (χ4v) is 5.68. The van der Waals surface area contributed by atoms with Crippen LogP contribution in [-0.2, 0) is 30.7 Å². The molecule has 0 aliphatic heterocycles. The summed E-state index contributed by atoms with van der Waals surface area (Å²) in [6.07, 6.45) is 0.0797. The van der Waals surface area contributed by atoms with Gasteiger partial charge in [0.1, 0.15) is 6.54 Å². The number of esters is 1. The van der Waals surface area contributed by atoms with Crippen LogP contribution in [0.2, 0.25) is 0 Å². The number of rotatable bonds is 10. The van der Waals surface area contributed by atoms with Crippen molar-refractivity contribution in [1.82, 2.24) is 4.57 Å². The van der Waals surface area contributed by atoms with Crippen molar-refractivity contribution in [1.29, 1.82) is 0 Å². The Morgan fingerprint density at radius 2 is 1.74 bits per heavy atom. The molecule has 1 aromatic heterocycles. The monoisotopic (exact) mass is 506 g/mol. The van der Waals surface area contributed by atoms with E-state index in [0.717, 1.165) is 4.70 Å². The fourth-order valence-electron chi connectivity index (χ4n) is 3.29. The van der Waals surface area contributed by atoms with Gasteiger partial charge in [-0.1, -0.05) is 29.5 Å². The first-order valence-corrected chi connectivity index (χ1v) is 13.0. The SMILES string of the molecule is CCOC(=O)Cn1c(=NC(=O)CCCS(=O)(=O)c2ccccc2)sc2cc(OC)c(OC)cc21. The first kappa shape index (κ1) is 25.4. The topological polar surface area (TPSA) is 113 Å². The van der Waals surface area contributed by atoms with Crippen molar-refractivity contribution < 1.29 is 32.2 Å². The molecule has 0 aliphatic carbocycles. The zero-order chi connectivity index (χ0) is 24.7. The second-order valence-corrected chi connectivity index (χ2v) is 10.3. The highest BCUT2D eigenvalue weighted by atomic mass is 32.2. The zero-order valence-corrected chi connectivity index (χ0v) is 20.8. The number of benzene rings is 2. The maximum atomic E-state index is 12.6. The fraction of sp³-hybridized carbons (Fsp3) is 0.348. The van der Waals surface area contributed by atoms with E-state index in [1.165, 1.54) is 37.7 Å². The average molecular weight is 507 g/mol. The van der Waals surface area contributed by atoms with Gasteiger partial charge in [-0.2, -0.15) is 4.99 Å². The van der Waals surface area contributed by atoms with Gasteiger partial charge in [0.15, 0.2) is 26.1 Å². The summed E-state index contributed by atoms with van der Waals surface area (Å²) in [6, 6.07) is 11.6. The molecule has 3 aromatic rings. The van der Waals surface area contributed by atoms with Crippen LogP contribution in [-0.4, -0.2) is 51.4 Å². The van der Waals surface area contributed by atoms with E-state index in [1.54, 1.807) is 41.8 Å². The number of ether oxygens (including phenoxy) is 3. The van der Waals surface area contributed by atoms with E-state index in [0.29, 0.717) is 21.8 Å². The Morgan fingerprint density at radius 3 is 2.38 bits per heavy atom. The van der Waals surface area contributed by atoms with Crippen molar-refractivity contribution in [2.45, 2.75) is 31.2 Å². The highest BCUT2D eigenvalue weighted by molar-refractivity contribution is 7.91. The van der Waals surface area contributed by atoms with Gasteiger partial charge in [-0.05, 0) is 25.5 Å². The normalized spacial score (nSPS) is 12.0. The quantitative estimate of drug-likeness (QED) is 0.389. The second kappa shape index (κ2) is 11.3. The molecule has 0 atom stereocenters. The van der Waals surface area contributed by atoms with Gasteiger partial charge in [0.05, 0.1) is 41.7 Å². The summed E-state index contributed by atoms with van der Waals surface area (Å²) in [4.78, 5) is 29.5. The highest BCUT2D eigenvalue weighted by Gasteiger charge is 2.17. The molecule has 0 saturated heterocycles. The molecule has 0 radical (unpaired) electrons. The van der Waals surface area contributed by atoms with Gasteiger partial charge in [0.2, 0.25) is 5.91 Å². The molecule has 0 aliphatic rings. The molecule has 0 fully saturated rings. The van der Waals surface area contributed by atoms with Crippen molar-refractivity contribution in [3.05, 3.63) is 47.3 Å². The predicted octanol–water partition coefficient (Wildman–Crippen LogP) is 2.96. The van der Waals surface area contributed by atoms with Crippen LogP contribution < -0.4 is 14.3 Å². The van der Waals surface area contributed by atoms with Crippen LogP contribution >= 0.6 is 11.3 Å². The van der Waals surface area contributed by atoms with E-state index in [4.69, 9.17) is 14.2 Å². The molecule has 0 spiro atoms. The van der Waals surface area contributed by atoms with E-state index in [1.807, 2.05) is 0 Å². The Balaban J connectivity index is 1.88. The molecule has 0 N–H and O–H groups in total. The lowest BCUT2D eigenvalue weighted by Gasteiger charge is -2.09. The number of hydrogen-bond donors (Lipinski definition) is 0. The molecule has 1 heterocycles. The summed E-state index contributed by atoms with van der Waals surface area (Å²) in [5, 5.41) is 0. The molecule has 9 nitrogen and oxygen atoms in total. The number of fused-ring (bicyclic) bond motifs is 1. The van der Waals surface area contributed by atoms with Crippen molar-refractivity contribution in [2.75, 3.05) is 26.6 Å². The number of carbonyl (C=O) groups excluding carboxylic acids is 2. The van der Waals surface area contributed by atoms with Gasteiger partial charge in [-0.3, -0.25) is 9.59 Å². The van der Waals surface area contributed by atoms with Crippen LogP contribution in [0.25, 0.3) is 10.2 Å². The number of hydrogen-bond acceptors (Lipinski definition) is 8. The van der Waals surface area contributed by atoms with Crippen LogP contribution in [0.1, 0.15) is 19.8 Å². The highest BCUT2D eigenvalue weighted by Crippen LogP contribution is 2.33. The van der Waals surface area contributed by atoms with Crippen LogP contribution in [0.15, 0.2) is 52.4 Å². The van der Waals surface area contributed by atoms with Crippen molar-refractivity contribution in [2.24, 2.45) is 4.99 Å². The van der Waals surface area contributed by atoms with Crippen molar-refractivity contribution in [3.8, 4) is 11.5 Å². The van der Waals surface area contributed by atoms with E-state index in [2.05, 4.69) is 4.99 Å². The average Bonchev–Trinajstić information content (AvgIpc) is 3.14. The van der Waals surface area contributed by atoms with Gasteiger partial charge in [-0.15, -0.1) is 0 Å². The third-order valence-electron chi connectivity index (χ3n) is 4.91. The lowest BCUT2D eigenvalue weighted by Crippen LogP contribution is -2.23. The molecular weight excluding hydrogens is 480 g/mol. The maximum Gasteiger partial charge on any atom is 0.326 e. The van der Waals surface area contributed by atoms with Crippen LogP contribution in [0, 0.1) is 0 Å². The molecular formula is C23H26N2O7S2. The maximum absolute atomic E-state index is 12.6.